The summed E-state index contributed by atoms with van der Waals surface area (Å²) in [5.41, 5.74) is 13.5. The second-order valence-corrected chi connectivity index (χ2v) is 7.63. The van der Waals surface area contributed by atoms with Gasteiger partial charge in [-0.2, -0.15) is 0 Å². The molecule has 0 heterocycles. The lowest BCUT2D eigenvalue weighted by Crippen LogP contribution is -2.02. The maximum absolute atomic E-state index is 3.45. The highest BCUT2D eigenvalue weighted by Crippen LogP contribution is 2.43. The van der Waals surface area contributed by atoms with Crippen LogP contribution in [0.1, 0.15) is 60.1 Å². The van der Waals surface area contributed by atoms with Gasteiger partial charge in [0.25, 0.3) is 0 Å². The Morgan fingerprint density at radius 2 is 1.11 bits per heavy atom. The van der Waals surface area contributed by atoms with Crippen LogP contribution in [-0.4, -0.2) is 0 Å². The molecule has 4 aliphatic carbocycles. The molecule has 0 heteroatoms. The van der Waals surface area contributed by atoms with E-state index in [9.17, 15) is 0 Å². The average molecular weight is 358 g/mol. The molecule has 0 aliphatic heterocycles. The van der Waals surface area contributed by atoms with E-state index in [0.29, 0.717) is 0 Å². The third-order valence-corrected chi connectivity index (χ3v) is 6.03. The Bertz CT molecular complexity index is 1110. The van der Waals surface area contributed by atoms with Crippen molar-refractivity contribution >= 4 is 12.2 Å². The molecule has 1 aromatic rings. The van der Waals surface area contributed by atoms with E-state index in [0.717, 1.165) is 25.7 Å². The first kappa shape index (κ1) is 16.9. The van der Waals surface area contributed by atoms with E-state index in [-0.39, 0.29) is 0 Å². The van der Waals surface area contributed by atoms with Crippen LogP contribution in [0.25, 0.3) is 12.2 Å². The Labute approximate surface area is 167 Å². The standard InChI is InChI=1S/C28H22/c1-3-9-23-25-15-21(19-11-5-6-12-19)17-27(25)24(10-4-2)28-18-22(16-26(23)28)20-13-7-8-14-20/h5-8,11,13,15,18H,12,14,16-17H2,1-2H3. The van der Waals surface area contributed by atoms with Gasteiger partial charge >= 0.3 is 0 Å². The quantitative estimate of drug-likeness (QED) is 0.562. The zero-order chi connectivity index (χ0) is 19.1. The monoisotopic (exact) mass is 358 g/mol. The Kier molecular flexibility index (Phi) is 4.07. The summed E-state index contributed by atoms with van der Waals surface area (Å²) in [5.74, 6) is 13.2. The minimum atomic E-state index is 0.964. The summed E-state index contributed by atoms with van der Waals surface area (Å²) in [7, 11) is 0. The van der Waals surface area contributed by atoms with E-state index in [1.807, 2.05) is 13.8 Å². The zero-order valence-corrected chi connectivity index (χ0v) is 16.4. The first-order chi connectivity index (χ1) is 13.8. The van der Waals surface area contributed by atoms with Crippen LogP contribution in [0, 0.1) is 23.7 Å². The molecule has 0 saturated heterocycles. The summed E-state index contributed by atoms with van der Waals surface area (Å²) >= 11 is 0. The Balaban J connectivity index is 1.69. The molecule has 0 radical (unpaired) electrons. The lowest BCUT2D eigenvalue weighted by atomic mass is 9.88. The van der Waals surface area contributed by atoms with Crippen LogP contribution >= 0.6 is 0 Å². The zero-order valence-electron chi connectivity index (χ0n) is 16.4. The molecule has 4 aliphatic rings. The first-order valence-corrected chi connectivity index (χ1v) is 10.0. The average Bonchev–Trinajstić information content (AvgIpc) is 3.47. The predicted octanol–water partition coefficient (Wildman–Crippen LogP) is 6.08. The van der Waals surface area contributed by atoms with Crippen LogP contribution in [0.5, 0.6) is 0 Å². The highest BCUT2D eigenvalue weighted by Gasteiger charge is 2.29. The summed E-state index contributed by atoms with van der Waals surface area (Å²) < 4.78 is 0. The van der Waals surface area contributed by atoms with Crippen LogP contribution in [0.3, 0.4) is 0 Å². The summed E-state index contributed by atoms with van der Waals surface area (Å²) in [6, 6.07) is 0. The summed E-state index contributed by atoms with van der Waals surface area (Å²) in [6.07, 6.45) is 22.0. The van der Waals surface area contributed by atoms with Crippen LogP contribution < -0.4 is 0 Å². The van der Waals surface area contributed by atoms with Crippen LogP contribution in [0.15, 0.2) is 58.7 Å². The summed E-state index contributed by atoms with van der Waals surface area (Å²) in [5, 5.41) is 0. The summed E-state index contributed by atoms with van der Waals surface area (Å²) in [4.78, 5) is 0. The van der Waals surface area contributed by atoms with Gasteiger partial charge in [-0.3, -0.25) is 0 Å². The molecule has 0 fully saturated rings. The molecule has 0 unspecified atom stereocenters. The van der Waals surface area contributed by atoms with Gasteiger partial charge in [0.05, 0.1) is 0 Å². The molecule has 0 spiro atoms. The van der Waals surface area contributed by atoms with Crippen molar-refractivity contribution < 1.29 is 0 Å². The molecule has 5 rings (SSSR count). The van der Waals surface area contributed by atoms with Crippen molar-refractivity contribution in [3.63, 3.8) is 0 Å². The second kappa shape index (κ2) is 6.74. The third kappa shape index (κ3) is 2.58. The Morgan fingerprint density at radius 3 is 1.46 bits per heavy atom. The van der Waals surface area contributed by atoms with Gasteiger partial charge in [-0.1, -0.05) is 48.3 Å². The number of fused-ring (bicyclic) bond motifs is 2. The van der Waals surface area contributed by atoms with Gasteiger partial charge in [-0.15, -0.1) is 11.8 Å². The molecular formula is C28H22. The lowest BCUT2D eigenvalue weighted by molar-refractivity contribution is 1.12. The van der Waals surface area contributed by atoms with Crippen molar-refractivity contribution in [2.24, 2.45) is 0 Å². The predicted molar refractivity (Wildman–Crippen MR) is 119 cm³/mol. The Hall–Kier alpha value is -3.22. The van der Waals surface area contributed by atoms with Crippen molar-refractivity contribution in [2.75, 3.05) is 0 Å². The fraction of sp³-hybridized carbons (Fsp3) is 0.214. The number of hydrogen-bond acceptors (Lipinski definition) is 0. The van der Waals surface area contributed by atoms with Gasteiger partial charge in [0.2, 0.25) is 0 Å². The molecule has 0 N–H and O–H groups in total. The van der Waals surface area contributed by atoms with Crippen LogP contribution in [0.4, 0.5) is 0 Å². The first-order valence-electron chi connectivity index (χ1n) is 10.0. The van der Waals surface area contributed by atoms with E-state index < -0.39 is 0 Å². The van der Waals surface area contributed by atoms with Gasteiger partial charge < -0.3 is 0 Å². The smallest absolute Gasteiger partial charge is 0.0362 e. The number of rotatable bonds is 2. The van der Waals surface area contributed by atoms with Gasteiger partial charge in [0, 0.05) is 11.1 Å². The molecule has 0 nitrogen and oxygen atoms in total. The molecule has 28 heavy (non-hydrogen) atoms. The molecule has 134 valence electrons. The largest absolute Gasteiger partial charge is 0.101 e. The minimum absolute atomic E-state index is 0.964. The van der Waals surface area contributed by atoms with Gasteiger partial charge in [-0.25, -0.2) is 0 Å². The number of hydrogen-bond donors (Lipinski definition) is 0. The van der Waals surface area contributed by atoms with Crippen molar-refractivity contribution in [3.05, 3.63) is 92.1 Å². The maximum atomic E-state index is 3.45. The molecular weight excluding hydrogens is 336 g/mol. The third-order valence-electron chi connectivity index (χ3n) is 6.03. The van der Waals surface area contributed by atoms with Gasteiger partial charge in [0.15, 0.2) is 0 Å². The molecule has 0 saturated carbocycles. The maximum Gasteiger partial charge on any atom is 0.0362 e. The van der Waals surface area contributed by atoms with Crippen molar-refractivity contribution in [1.82, 2.24) is 0 Å². The molecule has 0 amide bonds. The van der Waals surface area contributed by atoms with Gasteiger partial charge in [0.1, 0.15) is 0 Å². The van der Waals surface area contributed by atoms with Gasteiger partial charge in [-0.05, 0) is 96.2 Å². The number of allylic oxidation sites excluding steroid dienone is 10. The van der Waals surface area contributed by atoms with Crippen LogP contribution in [-0.2, 0) is 12.8 Å². The molecule has 0 bridgehead atoms. The molecule has 1 aromatic carbocycles. The second-order valence-electron chi connectivity index (χ2n) is 7.63. The molecule has 0 aromatic heterocycles. The highest BCUT2D eigenvalue weighted by molar-refractivity contribution is 5.85. The topological polar surface area (TPSA) is 0 Å². The van der Waals surface area contributed by atoms with E-state index in [1.165, 1.54) is 55.7 Å². The van der Waals surface area contributed by atoms with E-state index >= 15 is 0 Å². The minimum Gasteiger partial charge on any atom is -0.101 e. The van der Waals surface area contributed by atoms with E-state index in [4.69, 9.17) is 0 Å². The fourth-order valence-corrected chi connectivity index (χ4v) is 4.73. The van der Waals surface area contributed by atoms with Crippen molar-refractivity contribution in [2.45, 2.75) is 39.5 Å². The van der Waals surface area contributed by atoms with Crippen molar-refractivity contribution in [1.29, 1.82) is 0 Å². The summed E-state index contributed by atoms with van der Waals surface area (Å²) in [6.45, 7) is 3.88. The SMILES string of the molecule is CC#Cc1c2c(c(C#CC)c3c1CC(C1=CC=CC1)=C3)CC(C1=CC=CC1)=C2. The van der Waals surface area contributed by atoms with E-state index in [2.05, 4.69) is 72.3 Å². The highest BCUT2D eigenvalue weighted by atomic mass is 14.3. The van der Waals surface area contributed by atoms with Crippen molar-refractivity contribution in [3.8, 4) is 23.7 Å². The Morgan fingerprint density at radius 1 is 0.643 bits per heavy atom. The number of benzene rings is 1. The molecule has 0 atom stereocenters. The fourth-order valence-electron chi connectivity index (χ4n) is 4.73. The lowest BCUT2D eigenvalue weighted by Gasteiger charge is -2.14. The normalized spacial score (nSPS) is 17.8. The van der Waals surface area contributed by atoms with Crippen LogP contribution in [0.2, 0.25) is 0 Å². The van der Waals surface area contributed by atoms with E-state index in [1.54, 1.807) is 0 Å².